The highest BCUT2D eigenvalue weighted by atomic mass is 32.1. The van der Waals surface area contributed by atoms with E-state index in [9.17, 15) is 23.9 Å². The Labute approximate surface area is 220 Å². The fraction of sp³-hybridized carbons (Fsp3) is 0.345. The van der Waals surface area contributed by atoms with Crippen molar-refractivity contribution in [3.63, 3.8) is 0 Å². The number of amides is 2. The van der Waals surface area contributed by atoms with Crippen LogP contribution < -0.4 is 10.2 Å². The monoisotopic (exact) mass is 522 g/mol. The first-order valence-electron chi connectivity index (χ1n) is 12.5. The summed E-state index contributed by atoms with van der Waals surface area (Å²) in [5, 5.41) is 12.6. The number of hydrogen-bond acceptors (Lipinski definition) is 4. The number of rotatable bonds is 7. The Morgan fingerprint density at radius 2 is 1.68 bits per heavy atom. The smallest absolute Gasteiger partial charge is 0.348 e. The molecule has 1 saturated carbocycles. The minimum absolute atomic E-state index is 0.0139. The number of carbonyl (C=O) groups excluding carboxylic acids is 2. The van der Waals surface area contributed by atoms with Crippen LogP contribution in [0.15, 0.2) is 54.6 Å². The number of carboxylic acids is 1. The lowest BCUT2D eigenvalue weighted by Crippen LogP contribution is -2.42. The number of aromatic carboxylic acids is 1. The zero-order chi connectivity index (χ0) is 26.7. The molecule has 0 saturated heterocycles. The van der Waals surface area contributed by atoms with Crippen molar-refractivity contribution in [3.05, 3.63) is 70.9 Å². The van der Waals surface area contributed by atoms with Crippen molar-refractivity contribution >= 4 is 40.5 Å². The van der Waals surface area contributed by atoms with Gasteiger partial charge in [0.15, 0.2) is 0 Å². The van der Waals surface area contributed by atoms with Crippen molar-refractivity contribution in [2.45, 2.75) is 52.5 Å². The van der Waals surface area contributed by atoms with Gasteiger partial charge in [0.1, 0.15) is 10.7 Å². The summed E-state index contributed by atoms with van der Waals surface area (Å²) in [7, 11) is 0. The molecule has 3 aromatic rings. The molecule has 2 aromatic carbocycles. The average Bonchev–Trinajstić information content (AvgIpc) is 3.30. The van der Waals surface area contributed by atoms with E-state index >= 15 is 0 Å². The molecule has 1 heterocycles. The first-order chi connectivity index (χ1) is 17.7. The lowest BCUT2D eigenvalue weighted by Gasteiger charge is -2.33. The highest BCUT2D eigenvalue weighted by molar-refractivity contribution is 7.18. The van der Waals surface area contributed by atoms with E-state index in [0.717, 1.165) is 42.6 Å². The molecule has 37 heavy (non-hydrogen) atoms. The molecule has 4 rings (SSSR count). The molecule has 194 valence electrons. The van der Waals surface area contributed by atoms with Crippen LogP contribution in [-0.4, -0.2) is 28.9 Å². The zero-order valence-electron chi connectivity index (χ0n) is 21.2. The van der Waals surface area contributed by atoms with Crippen LogP contribution in [0.25, 0.3) is 10.4 Å². The minimum atomic E-state index is -1.07. The summed E-state index contributed by atoms with van der Waals surface area (Å²) >= 11 is 1.12. The number of carboxylic acid groups (broad SMARTS) is 1. The van der Waals surface area contributed by atoms with E-state index < -0.39 is 17.7 Å². The summed E-state index contributed by atoms with van der Waals surface area (Å²) in [6, 6.07) is 14.2. The second-order valence-corrected chi connectivity index (χ2v) is 11.0. The van der Waals surface area contributed by atoms with E-state index in [1.54, 1.807) is 41.3 Å². The highest BCUT2D eigenvalue weighted by Gasteiger charge is 2.33. The Hall–Kier alpha value is -3.52. The van der Waals surface area contributed by atoms with Crippen LogP contribution in [0.2, 0.25) is 0 Å². The van der Waals surface area contributed by atoms with Gasteiger partial charge >= 0.3 is 5.97 Å². The molecular formula is C29H31FN2O4S. The first kappa shape index (κ1) is 26.5. The van der Waals surface area contributed by atoms with Crippen LogP contribution in [0.4, 0.5) is 15.8 Å². The van der Waals surface area contributed by atoms with Crippen LogP contribution >= 0.6 is 11.3 Å². The summed E-state index contributed by atoms with van der Waals surface area (Å²) in [6.07, 6.45) is 3.65. The Morgan fingerprint density at radius 1 is 1.03 bits per heavy atom. The molecule has 1 fully saturated rings. The number of anilines is 2. The van der Waals surface area contributed by atoms with Gasteiger partial charge in [-0.05, 0) is 81.3 Å². The van der Waals surface area contributed by atoms with Crippen molar-refractivity contribution in [1.29, 1.82) is 0 Å². The molecule has 0 aliphatic heterocycles. The van der Waals surface area contributed by atoms with Gasteiger partial charge in [-0.3, -0.25) is 9.59 Å². The van der Waals surface area contributed by atoms with E-state index in [1.165, 1.54) is 18.2 Å². The number of halogens is 1. The third kappa shape index (κ3) is 5.91. The van der Waals surface area contributed by atoms with Crippen molar-refractivity contribution in [3.8, 4) is 10.4 Å². The lowest BCUT2D eigenvalue weighted by molar-refractivity contribution is -0.123. The second kappa shape index (κ2) is 11.3. The minimum Gasteiger partial charge on any atom is -0.477 e. The Bertz CT molecular complexity index is 1290. The molecule has 0 unspecified atom stereocenters. The quantitative estimate of drug-likeness (QED) is 0.347. The normalized spacial score (nSPS) is 17.4. The fourth-order valence-electron chi connectivity index (χ4n) is 4.77. The topological polar surface area (TPSA) is 86.7 Å². The number of hydrogen-bond donors (Lipinski definition) is 2. The number of thiophene rings is 1. The van der Waals surface area contributed by atoms with Gasteiger partial charge in [0.05, 0.1) is 11.3 Å². The molecule has 1 aromatic heterocycles. The lowest BCUT2D eigenvalue weighted by atomic mass is 9.82. The summed E-state index contributed by atoms with van der Waals surface area (Å²) in [6.45, 7) is 6.00. The van der Waals surface area contributed by atoms with Gasteiger partial charge in [0.25, 0.3) is 5.91 Å². The molecule has 6 nitrogen and oxygen atoms in total. The maximum absolute atomic E-state index is 13.9. The molecule has 1 aliphatic carbocycles. The molecule has 2 amide bonds. The predicted molar refractivity (Wildman–Crippen MR) is 145 cm³/mol. The van der Waals surface area contributed by atoms with Gasteiger partial charge in [0, 0.05) is 22.5 Å². The van der Waals surface area contributed by atoms with Crippen molar-refractivity contribution < 1.29 is 23.9 Å². The van der Waals surface area contributed by atoms with Crippen molar-refractivity contribution in [1.82, 2.24) is 0 Å². The second-order valence-electron chi connectivity index (χ2n) is 9.90. The van der Waals surface area contributed by atoms with Crippen LogP contribution in [0, 0.1) is 17.7 Å². The Balaban J connectivity index is 1.58. The van der Waals surface area contributed by atoms with Gasteiger partial charge in [-0.25, -0.2) is 9.18 Å². The number of nitrogens with one attached hydrogen (secondary N) is 1. The van der Waals surface area contributed by atoms with Crippen LogP contribution in [-0.2, 0) is 4.79 Å². The predicted octanol–water partition coefficient (Wildman–Crippen LogP) is 7.07. The largest absolute Gasteiger partial charge is 0.477 e. The fourth-order valence-corrected chi connectivity index (χ4v) is 5.77. The maximum atomic E-state index is 13.9. The van der Waals surface area contributed by atoms with Crippen LogP contribution in [0.3, 0.4) is 0 Å². The summed E-state index contributed by atoms with van der Waals surface area (Å²) in [4.78, 5) is 40.6. The summed E-state index contributed by atoms with van der Waals surface area (Å²) < 4.78 is 13.9. The Kier molecular flexibility index (Phi) is 8.07. The van der Waals surface area contributed by atoms with Crippen LogP contribution in [0.1, 0.15) is 66.5 Å². The zero-order valence-corrected chi connectivity index (χ0v) is 22.0. The molecule has 0 atom stereocenters. The maximum Gasteiger partial charge on any atom is 0.348 e. The van der Waals surface area contributed by atoms with Gasteiger partial charge in [-0.1, -0.05) is 31.2 Å². The molecule has 0 spiro atoms. The standard InChI is InChI=1S/C29H31FN2O4S/c1-17(2)32(28(34)20-10-8-18(3)9-11-20)24-16-25(37-26(24)29(35)36)19-12-14-21(15-13-19)31-27(33)22-6-4-5-7-23(22)30/h4-7,12-18,20H,8-11H2,1-3H3,(H,31,33)(H,35,36). The third-order valence-corrected chi connectivity index (χ3v) is 7.99. The molecule has 8 heteroatoms. The molecule has 1 aliphatic rings. The van der Waals surface area contributed by atoms with Gasteiger partial charge in [-0.2, -0.15) is 0 Å². The van der Waals surface area contributed by atoms with E-state index in [0.29, 0.717) is 22.2 Å². The first-order valence-corrected chi connectivity index (χ1v) is 13.3. The van der Waals surface area contributed by atoms with E-state index in [-0.39, 0.29) is 28.3 Å². The molecule has 2 N–H and O–H groups in total. The molecular weight excluding hydrogens is 491 g/mol. The van der Waals surface area contributed by atoms with E-state index in [1.807, 2.05) is 13.8 Å². The van der Waals surface area contributed by atoms with Gasteiger partial charge < -0.3 is 15.3 Å². The SMILES string of the molecule is CC1CCC(C(=O)N(c2cc(-c3ccc(NC(=O)c4ccccc4F)cc3)sc2C(=O)O)C(C)C)CC1. The summed E-state index contributed by atoms with van der Waals surface area (Å²) in [5.74, 6) is -1.73. The van der Waals surface area contributed by atoms with Crippen molar-refractivity contribution in [2.24, 2.45) is 11.8 Å². The van der Waals surface area contributed by atoms with Crippen LogP contribution in [0.5, 0.6) is 0 Å². The van der Waals surface area contributed by atoms with E-state index in [4.69, 9.17) is 0 Å². The highest BCUT2D eigenvalue weighted by Crippen LogP contribution is 2.40. The number of nitrogens with zero attached hydrogens (tertiary/aromatic N) is 1. The van der Waals surface area contributed by atoms with Crippen molar-refractivity contribution in [2.75, 3.05) is 10.2 Å². The Morgan fingerprint density at radius 3 is 2.27 bits per heavy atom. The van der Waals surface area contributed by atoms with Gasteiger partial charge in [0.2, 0.25) is 5.91 Å². The number of benzene rings is 2. The molecule has 0 radical (unpaired) electrons. The third-order valence-electron chi connectivity index (χ3n) is 6.83. The summed E-state index contributed by atoms with van der Waals surface area (Å²) in [5.41, 5.74) is 1.61. The van der Waals surface area contributed by atoms with E-state index in [2.05, 4.69) is 12.2 Å². The van der Waals surface area contributed by atoms with Gasteiger partial charge in [-0.15, -0.1) is 11.3 Å². The number of carbonyl (C=O) groups is 3. The molecule has 0 bridgehead atoms. The average molecular weight is 523 g/mol.